The van der Waals surface area contributed by atoms with Crippen molar-refractivity contribution in [3.8, 4) is 0 Å². The first-order valence-electron chi connectivity index (χ1n) is 6.78. The Morgan fingerprint density at radius 3 is 2.25 bits per heavy atom. The van der Waals surface area contributed by atoms with Crippen LogP contribution >= 0.6 is 0 Å². The van der Waals surface area contributed by atoms with Gasteiger partial charge in [0.15, 0.2) is 0 Å². The van der Waals surface area contributed by atoms with Gasteiger partial charge < -0.3 is 19.5 Å². The predicted molar refractivity (Wildman–Crippen MR) is 72.7 cm³/mol. The molecule has 0 aromatic rings. The molecule has 1 fully saturated rings. The molecule has 1 saturated heterocycles. The van der Waals surface area contributed by atoms with Crippen molar-refractivity contribution in [1.29, 1.82) is 0 Å². The van der Waals surface area contributed by atoms with Gasteiger partial charge in [0.1, 0.15) is 12.2 Å². The van der Waals surface area contributed by atoms with Crippen molar-refractivity contribution >= 4 is 12.1 Å². The highest BCUT2D eigenvalue weighted by Gasteiger charge is 2.25. The zero-order valence-corrected chi connectivity index (χ0v) is 12.4. The van der Waals surface area contributed by atoms with Crippen molar-refractivity contribution in [3.63, 3.8) is 0 Å². The van der Waals surface area contributed by atoms with Gasteiger partial charge in [-0.05, 0) is 20.8 Å². The van der Waals surface area contributed by atoms with Crippen LogP contribution in [0.1, 0.15) is 20.8 Å². The van der Waals surface area contributed by atoms with Gasteiger partial charge in [0.2, 0.25) is 0 Å². The summed E-state index contributed by atoms with van der Waals surface area (Å²) in [6.45, 7) is 9.07. The van der Waals surface area contributed by atoms with Gasteiger partial charge in [0, 0.05) is 32.7 Å². The van der Waals surface area contributed by atoms with Gasteiger partial charge in [-0.15, -0.1) is 0 Å². The van der Waals surface area contributed by atoms with E-state index in [4.69, 9.17) is 14.6 Å². The third-order valence-electron chi connectivity index (χ3n) is 2.80. The Kier molecular flexibility index (Phi) is 6.22. The molecule has 7 heteroatoms. The minimum Gasteiger partial charge on any atom is -0.480 e. The van der Waals surface area contributed by atoms with Crippen LogP contribution in [0, 0.1) is 0 Å². The molecule has 0 unspecified atom stereocenters. The van der Waals surface area contributed by atoms with E-state index < -0.39 is 11.6 Å². The van der Waals surface area contributed by atoms with E-state index in [1.807, 2.05) is 20.8 Å². The van der Waals surface area contributed by atoms with E-state index in [0.29, 0.717) is 26.2 Å². The summed E-state index contributed by atoms with van der Waals surface area (Å²) < 4.78 is 10.3. The zero-order chi connectivity index (χ0) is 15.2. The van der Waals surface area contributed by atoms with E-state index in [0.717, 1.165) is 13.1 Å². The van der Waals surface area contributed by atoms with Crippen LogP contribution in [-0.2, 0) is 14.3 Å². The number of amides is 1. The van der Waals surface area contributed by atoms with Crippen molar-refractivity contribution in [1.82, 2.24) is 9.80 Å². The number of aliphatic carboxylic acids is 1. The van der Waals surface area contributed by atoms with Gasteiger partial charge in [-0.3, -0.25) is 4.90 Å². The summed E-state index contributed by atoms with van der Waals surface area (Å²) in [5.41, 5.74) is -0.473. The molecule has 20 heavy (non-hydrogen) atoms. The minimum absolute atomic E-state index is 0.266. The molecule has 0 saturated carbocycles. The number of carbonyl (C=O) groups excluding carboxylic acids is 1. The molecule has 1 N–H and O–H groups in total. The molecule has 0 aromatic carbocycles. The van der Waals surface area contributed by atoms with E-state index in [9.17, 15) is 9.59 Å². The maximum Gasteiger partial charge on any atom is 0.410 e. The first-order chi connectivity index (χ1) is 9.28. The molecule has 116 valence electrons. The second-order valence-electron chi connectivity index (χ2n) is 5.76. The smallest absolute Gasteiger partial charge is 0.410 e. The fourth-order valence-corrected chi connectivity index (χ4v) is 1.83. The monoisotopic (exact) mass is 288 g/mol. The molecule has 1 amide bonds. The molecule has 0 atom stereocenters. The van der Waals surface area contributed by atoms with Gasteiger partial charge in [-0.1, -0.05) is 0 Å². The quantitative estimate of drug-likeness (QED) is 0.748. The van der Waals surface area contributed by atoms with Gasteiger partial charge in [0.25, 0.3) is 0 Å². The number of hydrogen-bond donors (Lipinski definition) is 1. The zero-order valence-electron chi connectivity index (χ0n) is 12.4. The lowest BCUT2D eigenvalue weighted by Gasteiger charge is -2.35. The van der Waals surface area contributed by atoms with Crippen LogP contribution in [0.5, 0.6) is 0 Å². The fraction of sp³-hybridized carbons (Fsp3) is 0.846. The number of nitrogens with zero attached hydrogens (tertiary/aromatic N) is 2. The fourth-order valence-electron chi connectivity index (χ4n) is 1.83. The van der Waals surface area contributed by atoms with Crippen LogP contribution < -0.4 is 0 Å². The Hall–Kier alpha value is -1.34. The molecule has 0 aromatic heterocycles. The molecule has 0 bridgehead atoms. The lowest BCUT2D eigenvalue weighted by Crippen LogP contribution is -2.50. The highest BCUT2D eigenvalue weighted by atomic mass is 16.6. The highest BCUT2D eigenvalue weighted by molar-refractivity contribution is 5.68. The van der Waals surface area contributed by atoms with E-state index in [1.54, 1.807) is 4.90 Å². The summed E-state index contributed by atoms with van der Waals surface area (Å²) in [5.74, 6) is -0.959. The summed E-state index contributed by atoms with van der Waals surface area (Å²) in [6.07, 6.45) is -0.278. The molecule has 0 radical (unpaired) electrons. The van der Waals surface area contributed by atoms with Crippen LogP contribution in [-0.4, -0.2) is 78.5 Å². The average Bonchev–Trinajstić information content (AvgIpc) is 2.33. The van der Waals surface area contributed by atoms with Crippen LogP contribution in [0.25, 0.3) is 0 Å². The Labute approximate surface area is 119 Å². The first-order valence-corrected chi connectivity index (χ1v) is 6.78. The van der Waals surface area contributed by atoms with Gasteiger partial charge in [-0.25, -0.2) is 9.59 Å². The van der Waals surface area contributed by atoms with Gasteiger partial charge >= 0.3 is 12.1 Å². The normalized spacial score (nSPS) is 17.1. The summed E-state index contributed by atoms with van der Waals surface area (Å²) in [6, 6.07) is 0. The molecule has 7 nitrogen and oxygen atoms in total. The Balaban J connectivity index is 2.19. The van der Waals surface area contributed by atoms with Gasteiger partial charge in [0.05, 0.1) is 6.61 Å². The maximum atomic E-state index is 11.9. The largest absolute Gasteiger partial charge is 0.480 e. The predicted octanol–water partition coefficient (Wildman–Crippen LogP) is 0.640. The number of piperazine rings is 1. The Morgan fingerprint density at radius 1 is 1.15 bits per heavy atom. The molecule has 1 rings (SSSR count). The number of ether oxygens (including phenoxy) is 2. The third kappa shape index (κ3) is 6.72. The average molecular weight is 288 g/mol. The van der Waals surface area contributed by atoms with E-state index >= 15 is 0 Å². The summed E-state index contributed by atoms with van der Waals surface area (Å²) in [4.78, 5) is 26.0. The van der Waals surface area contributed by atoms with Crippen LogP contribution in [0.2, 0.25) is 0 Å². The van der Waals surface area contributed by atoms with Crippen molar-refractivity contribution in [2.24, 2.45) is 0 Å². The maximum absolute atomic E-state index is 11.9. The minimum atomic E-state index is -0.959. The topological polar surface area (TPSA) is 79.3 Å². The van der Waals surface area contributed by atoms with Crippen LogP contribution in [0.4, 0.5) is 4.79 Å². The number of hydrogen-bond acceptors (Lipinski definition) is 5. The van der Waals surface area contributed by atoms with Crippen molar-refractivity contribution < 1.29 is 24.2 Å². The van der Waals surface area contributed by atoms with Crippen molar-refractivity contribution in [2.75, 3.05) is 45.9 Å². The summed E-state index contributed by atoms with van der Waals surface area (Å²) >= 11 is 0. The highest BCUT2D eigenvalue weighted by Crippen LogP contribution is 2.11. The molecule has 1 heterocycles. The van der Waals surface area contributed by atoms with E-state index in [1.165, 1.54) is 0 Å². The van der Waals surface area contributed by atoms with Crippen LogP contribution in [0.3, 0.4) is 0 Å². The van der Waals surface area contributed by atoms with E-state index in [2.05, 4.69) is 4.90 Å². The number of carboxylic acids is 1. The van der Waals surface area contributed by atoms with Gasteiger partial charge in [-0.2, -0.15) is 0 Å². The standard InChI is InChI=1S/C13H24N2O5/c1-13(2,3)20-12(18)15-6-4-14(5-7-15)8-9-19-10-11(16)17/h4-10H2,1-3H3,(H,16,17). The SMILES string of the molecule is CC(C)(C)OC(=O)N1CCN(CCOCC(=O)O)CC1. The molecular weight excluding hydrogens is 264 g/mol. The molecular formula is C13H24N2O5. The number of carbonyl (C=O) groups is 2. The van der Waals surface area contributed by atoms with Crippen LogP contribution in [0.15, 0.2) is 0 Å². The number of carboxylic acid groups (broad SMARTS) is 1. The molecule has 1 aliphatic rings. The number of rotatable bonds is 5. The second-order valence-corrected chi connectivity index (χ2v) is 5.76. The summed E-state index contributed by atoms with van der Waals surface area (Å²) in [5, 5.41) is 8.44. The second kappa shape index (κ2) is 7.44. The third-order valence-corrected chi connectivity index (χ3v) is 2.80. The lowest BCUT2D eigenvalue weighted by molar-refractivity contribution is -0.142. The molecule has 1 aliphatic heterocycles. The Bertz CT molecular complexity index is 332. The van der Waals surface area contributed by atoms with E-state index in [-0.39, 0.29) is 12.7 Å². The first kappa shape index (κ1) is 16.7. The lowest BCUT2D eigenvalue weighted by atomic mass is 10.2. The molecule has 0 spiro atoms. The van der Waals surface area contributed by atoms with Crippen molar-refractivity contribution in [3.05, 3.63) is 0 Å². The molecule has 0 aliphatic carbocycles. The summed E-state index contributed by atoms with van der Waals surface area (Å²) in [7, 11) is 0. The van der Waals surface area contributed by atoms with Crippen molar-refractivity contribution in [2.45, 2.75) is 26.4 Å². The Morgan fingerprint density at radius 2 is 1.75 bits per heavy atom.